The molecule has 0 fully saturated rings. The lowest BCUT2D eigenvalue weighted by Gasteiger charge is -2.08. The molecule has 3 aromatic rings. The van der Waals surface area contributed by atoms with Crippen molar-refractivity contribution in [2.24, 2.45) is 0 Å². The van der Waals surface area contributed by atoms with Crippen molar-refractivity contribution < 1.29 is 4.79 Å². The van der Waals surface area contributed by atoms with Gasteiger partial charge < -0.3 is 10.6 Å². The normalized spacial score (nSPS) is 10.1. The third-order valence-corrected chi connectivity index (χ3v) is 3.52. The minimum atomic E-state index is -0.263. The number of amides is 1. The topological polar surface area (TPSA) is 54.0 Å². The number of halogens is 1. The first-order chi connectivity index (χ1) is 11.2. The van der Waals surface area contributed by atoms with Gasteiger partial charge in [-0.25, -0.2) is 4.98 Å². The van der Waals surface area contributed by atoms with Gasteiger partial charge in [-0.1, -0.05) is 41.9 Å². The number of nitrogens with zero attached hydrogens (tertiary/aromatic N) is 1. The molecule has 114 valence electrons. The zero-order chi connectivity index (χ0) is 16.1. The van der Waals surface area contributed by atoms with Crippen LogP contribution in [0.5, 0.6) is 0 Å². The monoisotopic (exact) mass is 323 g/mol. The van der Waals surface area contributed by atoms with Crippen molar-refractivity contribution in [1.82, 2.24) is 4.98 Å². The number of benzene rings is 2. The van der Waals surface area contributed by atoms with Crippen molar-refractivity contribution in [2.75, 3.05) is 10.6 Å². The molecule has 0 aliphatic rings. The van der Waals surface area contributed by atoms with Crippen molar-refractivity contribution in [3.63, 3.8) is 0 Å². The predicted octanol–water partition coefficient (Wildman–Crippen LogP) is 4.73. The van der Waals surface area contributed by atoms with Crippen LogP contribution in [0.2, 0.25) is 5.02 Å². The second-order valence-electron chi connectivity index (χ2n) is 4.86. The molecule has 0 spiro atoms. The third kappa shape index (κ3) is 3.87. The number of aromatic nitrogens is 1. The van der Waals surface area contributed by atoms with Gasteiger partial charge in [-0.05, 0) is 36.4 Å². The molecule has 0 unspecified atom stereocenters. The zero-order valence-corrected chi connectivity index (χ0v) is 12.9. The SMILES string of the molecule is O=C(Nc1ccc(Nc2ccccc2)nc1)c1ccccc1Cl. The number of anilines is 3. The van der Waals surface area contributed by atoms with E-state index in [1.165, 1.54) is 0 Å². The fourth-order valence-electron chi connectivity index (χ4n) is 2.05. The molecule has 23 heavy (non-hydrogen) atoms. The number of carbonyl (C=O) groups excluding carboxylic acids is 1. The Labute approximate surface area is 139 Å². The fourth-order valence-corrected chi connectivity index (χ4v) is 2.28. The quantitative estimate of drug-likeness (QED) is 0.729. The second kappa shape index (κ2) is 6.94. The first-order valence-electron chi connectivity index (χ1n) is 7.06. The highest BCUT2D eigenvalue weighted by molar-refractivity contribution is 6.34. The molecule has 4 nitrogen and oxygen atoms in total. The first kappa shape index (κ1) is 15.1. The van der Waals surface area contributed by atoms with E-state index in [9.17, 15) is 4.79 Å². The summed E-state index contributed by atoms with van der Waals surface area (Å²) < 4.78 is 0. The molecule has 0 bridgehead atoms. The van der Waals surface area contributed by atoms with Gasteiger partial charge in [0.2, 0.25) is 0 Å². The Morgan fingerprint density at radius 1 is 0.870 bits per heavy atom. The average molecular weight is 324 g/mol. The molecule has 2 aromatic carbocycles. The molecule has 1 heterocycles. The largest absolute Gasteiger partial charge is 0.340 e. The van der Waals surface area contributed by atoms with Gasteiger partial charge in [-0.2, -0.15) is 0 Å². The summed E-state index contributed by atoms with van der Waals surface area (Å²) in [6.07, 6.45) is 1.60. The van der Waals surface area contributed by atoms with E-state index in [0.29, 0.717) is 22.1 Å². The van der Waals surface area contributed by atoms with Crippen LogP contribution >= 0.6 is 11.6 Å². The van der Waals surface area contributed by atoms with Gasteiger partial charge in [0.15, 0.2) is 0 Å². The Balaban J connectivity index is 1.68. The molecule has 5 heteroatoms. The number of hydrogen-bond donors (Lipinski definition) is 2. The summed E-state index contributed by atoms with van der Waals surface area (Å²) >= 11 is 6.01. The highest BCUT2D eigenvalue weighted by Gasteiger charge is 2.09. The molecule has 1 amide bonds. The minimum Gasteiger partial charge on any atom is -0.340 e. The van der Waals surface area contributed by atoms with Gasteiger partial charge in [0.05, 0.1) is 22.5 Å². The van der Waals surface area contributed by atoms with Gasteiger partial charge in [0.25, 0.3) is 5.91 Å². The van der Waals surface area contributed by atoms with Crippen molar-refractivity contribution >= 4 is 34.7 Å². The Hall–Kier alpha value is -2.85. The van der Waals surface area contributed by atoms with Crippen molar-refractivity contribution in [1.29, 1.82) is 0 Å². The van der Waals surface area contributed by atoms with E-state index in [1.54, 1.807) is 42.6 Å². The molecule has 1 aromatic heterocycles. The number of rotatable bonds is 4. The highest BCUT2D eigenvalue weighted by atomic mass is 35.5. The summed E-state index contributed by atoms with van der Waals surface area (Å²) in [6, 6.07) is 20.2. The molecule has 0 atom stereocenters. The fraction of sp³-hybridized carbons (Fsp3) is 0. The lowest BCUT2D eigenvalue weighted by atomic mass is 10.2. The van der Waals surface area contributed by atoms with Gasteiger partial charge in [-0.3, -0.25) is 4.79 Å². The van der Waals surface area contributed by atoms with E-state index in [-0.39, 0.29) is 5.91 Å². The Bertz CT molecular complexity index is 804. The second-order valence-corrected chi connectivity index (χ2v) is 5.26. The summed E-state index contributed by atoms with van der Waals surface area (Å²) in [5.41, 5.74) is 1.99. The maximum Gasteiger partial charge on any atom is 0.257 e. The first-order valence-corrected chi connectivity index (χ1v) is 7.44. The molecular weight excluding hydrogens is 310 g/mol. The Morgan fingerprint density at radius 2 is 1.61 bits per heavy atom. The van der Waals surface area contributed by atoms with Crippen LogP contribution in [0.4, 0.5) is 17.2 Å². The maximum atomic E-state index is 12.2. The lowest BCUT2D eigenvalue weighted by Crippen LogP contribution is -2.12. The summed E-state index contributed by atoms with van der Waals surface area (Å²) in [6.45, 7) is 0. The molecule has 3 rings (SSSR count). The van der Waals surface area contributed by atoms with E-state index in [0.717, 1.165) is 5.69 Å². The summed E-state index contributed by atoms with van der Waals surface area (Å²) in [5, 5.41) is 6.37. The van der Waals surface area contributed by atoms with Crippen LogP contribution in [0.25, 0.3) is 0 Å². The van der Waals surface area contributed by atoms with Crippen LogP contribution in [0.3, 0.4) is 0 Å². The van der Waals surface area contributed by atoms with E-state index >= 15 is 0 Å². The number of para-hydroxylation sites is 1. The van der Waals surface area contributed by atoms with Crippen LogP contribution in [0.15, 0.2) is 72.9 Å². The number of carbonyl (C=O) groups is 1. The van der Waals surface area contributed by atoms with Crippen molar-refractivity contribution in [2.45, 2.75) is 0 Å². The van der Waals surface area contributed by atoms with Crippen LogP contribution in [0.1, 0.15) is 10.4 Å². The molecule has 0 saturated carbocycles. The van der Waals surface area contributed by atoms with Crippen LogP contribution in [0, 0.1) is 0 Å². The Morgan fingerprint density at radius 3 is 2.30 bits per heavy atom. The average Bonchev–Trinajstić information content (AvgIpc) is 2.58. The van der Waals surface area contributed by atoms with E-state index in [1.807, 2.05) is 30.3 Å². The van der Waals surface area contributed by atoms with Crippen molar-refractivity contribution in [3.05, 3.63) is 83.5 Å². The van der Waals surface area contributed by atoms with Crippen LogP contribution in [-0.4, -0.2) is 10.9 Å². The van der Waals surface area contributed by atoms with Gasteiger partial charge in [-0.15, -0.1) is 0 Å². The van der Waals surface area contributed by atoms with Crippen molar-refractivity contribution in [3.8, 4) is 0 Å². The van der Waals surface area contributed by atoms with Crippen LogP contribution in [-0.2, 0) is 0 Å². The van der Waals surface area contributed by atoms with Gasteiger partial charge in [0.1, 0.15) is 5.82 Å². The minimum absolute atomic E-state index is 0.263. The molecule has 0 saturated heterocycles. The molecule has 0 aliphatic carbocycles. The number of hydrogen-bond acceptors (Lipinski definition) is 3. The van der Waals surface area contributed by atoms with E-state index in [2.05, 4.69) is 15.6 Å². The molecule has 0 radical (unpaired) electrons. The molecule has 0 aliphatic heterocycles. The lowest BCUT2D eigenvalue weighted by molar-refractivity contribution is 0.102. The summed E-state index contributed by atoms with van der Waals surface area (Å²) in [7, 11) is 0. The zero-order valence-electron chi connectivity index (χ0n) is 12.2. The predicted molar refractivity (Wildman–Crippen MR) is 93.4 cm³/mol. The Kier molecular flexibility index (Phi) is 4.54. The maximum absolute atomic E-state index is 12.2. The van der Waals surface area contributed by atoms with E-state index < -0.39 is 0 Å². The highest BCUT2D eigenvalue weighted by Crippen LogP contribution is 2.18. The summed E-state index contributed by atoms with van der Waals surface area (Å²) in [4.78, 5) is 16.5. The van der Waals surface area contributed by atoms with Crippen LogP contribution < -0.4 is 10.6 Å². The third-order valence-electron chi connectivity index (χ3n) is 3.19. The van der Waals surface area contributed by atoms with Gasteiger partial charge in [0, 0.05) is 5.69 Å². The molecular formula is C18H14ClN3O. The smallest absolute Gasteiger partial charge is 0.257 e. The van der Waals surface area contributed by atoms with Gasteiger partial charge >= 0.3 is 0 Å². The number of pyridine rings is 1. The standard InChI is InChI=1S/C18H14ClN3O/c19-16-9-5-4-8-15(16)18(23)22-14-10-11-17(20-12-14)21-13-6-2-1-3-7-13/h1-12H,(H,20,21)(H,22,23). The van der Waals surface area contributed by atoms with E-state index in [4.69, 9.17) is 11.6 Å². The number of nitrogens with one attached hydrogen (secondary N) is 2. The summed E-state index contributed by atoms with van der Waals surface area (Å²) in [5.74, 6) is 0.438. The molecule has 2 N–H and O–H groups in total.